The van der Waals surface area contributed by atoms with Gasteiger partial charge in [-0.15, -0.1) is 0 Å². The molecule has 0 atom stereocenters. The number of anilines is 1. The number of rotatable bonds is 2. The third-order valence-electron chi connectivity index (χ3n) is 2.11. The number of carbonyl (C=O) groups excluding carboxylic acids is 1. The number of amides is 1. The van der Waals surface area contributed by atoms with Gasteiger partial charge >= 0.3 is 0 Å². The summed E-state index contributed by atoms with van der Waals surface area (Å²) < 4.78 is 0. The molecular weight excluding hydrogens is 259 g/mol. The van der Waals surface area contributed by atoms with E-state index in [4.69, 9.17) is 23.2 Å². The smallest absolute Gasteiger partial charge is 0.258 e. The number of para-hydroxylation sites is 1. The summed E-state index contributed by atoms with van der Waals surface area (Å²) >= 11 is 11.8. The molecule has 3 nitrogen and oxygen atoms in total. The number of aromatic nitrogens is 1. The summed E-state index contributed by atoms with van der Waals surface area (Å²) in [7, 11) is 0. The highest BCUT2D eigenvalue weighted by molar-refractivity contribution is 6.40. The van der Waals surface area contributed by atoms with Crippen LogP contribution in [0.25, 0.3) is 0 Å². The Bertz CT molecular complexity index is 523. The van der Waals surface area contributed by atoms with Crippen molar-refractivity contribution in [2.75, 3.05) is 5.32 Å². The minimum Gasteiger partial charge on any atom is -0.322 e. The maximum absolute atomic E-state index is 11.9. The van der Waals surface area contributed by atoms with Crippen LogP contribution in [0.3, 0.4) is 0 Å². The highest BCUT2D eigenvalue weighted by Gasteiger charge is 2.14. The molecule has 1 heterocycles. The highest BCUT2D eigenvalue weighted by atomic mass is 35.5. The van der Waals surface area contributed by atoms with Gasteiger partial charge < -0.3 is 5.32 Å². The molecule has 0 bridgehead atoms. The van der Waals surface area contributed by atoms with Crippen LogP contribution in [-0.4, -0.2) is 10.9 Å². The Morgan fingerprint density at radius 2 is 1.65 bits per heavy atom. The molecular formula is C12H8Cl2N2O. The summed E-state index contributed by atoms with van der Waals surface area (Å²) in [6, 6.07) is 9.07. The van der Waals surface area contributed by atoms with Crippen molar-refractivity contribution < 1.29 is 4.79 Å². The summed E-state index contributed by atoms with van der Waals surface area (Å²) in [6.07, 6.45) is 2.76. The van der Waals surface area contributed by atoms with E-state index in [2.05, 4.69) is 10.3 Å². The van der Waals surface area contributed by atoms with Crippen LogP contribution in [0.15, 0.2) is 42.7 Å². The van der Waals surface area contributed by atoms with Gasteiger partial charge in [0.2, 0.25) is 0 Å². The Kier molecular flexibility index (Phi) is 3.61. The van der Waals surface area contributed by atoms with Crippen molar-refractivity contribution in [3.8, 4) is 0 Å². The van der Waals surface area contributed by atoms with E-state index < -0.39 is 0 Å². The fourth-order valence-electron chi connectivity index (χ4n) is 1.34. The van der Waals surface area contributed by atoms with E-state index in [1.807, 2.05) is 18.2 Å². The van der Waals surface area contributed by atoms with Gasteiger partial charge in [-0.3, -0.25) is 9.78 Å². The standard InChI is InChI=1S/C12H8Cl2N2O/c13-9-6-15-7-10(14)11(9)12(17)16-8-4-2-1-3-5-8/h1-7H,(H,16,17). The predicted molar refractivity (Wildman–Crippen MR) is 68.7 cm³/mol. The topological polar surface area (TPSA) is 42.0 Å². The molecule has 0 unspecified atom stereocenters. The average Bonchev–Trinajstić information content (AvgIpc) is 2.30. The number of nitrogens with zero attached hydrogens (tertiary/aromatic N) is 1. The minimum atomic E-state index is -0.353. The van der Waals surface area contributed by atoms with Gasteiger partial charge in [0.25, 0.3) is 5.91 Å². The van der Waals surface area contributed by atoms with Gasteiger partial charge in [0.05, 0.1) is 15.6 Å². The largest absolute Gasteiger partial charge is 0.322 e. The van der Waals surface area contributed by atoms with Crippen LogP contribution in [0, 0.1) is 0 Å². The lowest BCUT2D eigenvalue weighted by Crippen LogP contribution is -2.13. The Labute approximate surface area is 108 Å². The SMILES string of the molecule is O=C(Nc1ccccc1)c1c(Cl)cncc1Cl. The average molecular weight is 267 g/mol. The van der Waals surface area contributed by atoms with Crippen LogP contribution >= 0.6 is 23.2 Å². The first-order valence-electron chi connectivity index (χ1n) is 4.84. The first-order chi connectivity index (χ1) is 8.18. The summed E-state index contributed by atoms with van der Waals surface area (Å²) in [5.74, 6) is -0.353. The molecule has 1 aromatic heterocycles. The van der Waals surface area contributed by atoms with Crippen LogP contribution in [0.5, 0.6) is 0 Å². The van der Waals surface area contributed by atoms with Crippen LogP contribution < -0.4 is 5.32 Å². The number of benzene rings is 1. The molecule has 2 rings (SSSR count). The molecule has 2 aromatic rings. The van der Waals surface area contributed by atoms with Gasteiger partial charge in [0.1, 0.15) is 0 Å². The molecule has 0 radical (unpaired) electrons. The van der Waals surface area contributed by atoms with Gasteiger partial charge in [-0.05, 0) is 12.1 Å². The zero-order chi connectivity index (χ0) is 12.3. The maximum Gasteiger partial charge on any atom is 0.258 e. The molecule has 0 aliphatic rings. The van der Waals surface area contributed by atoms with E-state index in [1.165, 1.54) is 12.4 Å². The zero-order valence-electron chi connectivity index (χ0n) is 8.65. The van der Waals surface area contributed by atoms with Crippen molar-refractivity contribution in [3.63, 3.8) is 0 Å². The molecule has 0 saturated carbocycles. The molecule has 1 aromatic carbocycles. The van der Waals surface area contributed by atoms with E-state index >= 15 is 0 Å². The minimum absolute atomic E-state index is 0.228. The fourth-order valence-corrected chi connectivity index (χ4v) is 1.88. The third-order valence-corrected chi connectivity index (χ3v) is 2.69. The number of nitrogens with one attached hydrogen (secondary N) is 1. The fraction of sp³-hybridized carbons (Fsp3) is 0. The van der Waals surface area contributed by atoms with E-state index in [-0.39, 0.29) is 21.5 Å². The molecule has 0 aliphatic heterocycles. The first-order valence-corrected chi connectivity index (χ1v) is 5.59. The number of carbonyl (C=O) groups is 1. The van der Waals surface area contributed by atoms with Crippen LogP contribution in [0.2, 0.25) is 10.0 Å². The monoisotopic (exact) mass is 266 g/mol. The molecule has 86 valence electrons. The summed E-state index contributed by atoms with van der Waals surface area (Å²) in [5.41, 5.74) is 0.911. The van der Waals surface area contributed by atoms with Gasteiger partial charge in [0.15, 0.2) is 0 Å². The maximum atomic E-state index is 11.9. The van der Waals surface area contributed by atoms with Gasteiger partial charge in [-0.25, -0.2) is 0 Å². The first kappa shape index (κ1) is 11.9. The van der Waals surface area contributed by atoms with Crippen LogP contribution in [0.1, 0.15) is 10.4 Å². The number of hydrogen-bond acceptors (Lipinski definition) is 2. The zero-order valence-corrected chi connectivity index (χ0v) is 10.2. The lowest BCUT2D eigenvalue weighted by atomic mass is 10.2. The lowest BCUT2D eigenvalue weighted by Gasteiger charge is -2.07. The van der Waals surface area contributed by atoms with Crippen molar-refractivity contribution in [2.24, 2.45) is 0 Å². The second kappa shape index (κ2) is 5.17. The number of hydrogen-bond donors (Lipinski definition) is 1. The molecule has 0 aliphatic carbocycles. The number of pyridine rings is 1. The van der Waals surface area contributed by atoms with Crippen molar-refractivity contribution >= 4 is 34.8 Å². The normalized spacial score (nSPS) is 10.0. The summed E-state index contributed by atoms with van der Waals surface area (Å²) in [6.45, 7) is 0. The molecule has 0 spiro atoms. The highest BCUT2D eigenvalue weighted by Crippen LogP contribution is 2.23. The van der Waals surface area contributed by atoms with Crippen LogP contribution in [0.4, 0.5) is 5.69 Å². The van der Waals surface area contributed by atoms with E-state index in [0.29, 0.717) is 5.69 Å². The van der Waals surface area contributed by atoms with Gasteiger partial charge in [-0.2, -0.15) is 0 Å². The molecule has 1 amide bonds. The summed E-state index contributed by atoms with van der Waals surface area (Å²) in [5, 5.41) is 3.16. The van der Waals surface area contributed by atoms with Crippen molar-refractivity contribution in [3.05, 3.63) is 58.3 Å². The second-order valence-electron chi connectivity index (χ2n) is 3.30. The Morgan fingerprint density at radius 3 is 2.24 bits per heavy atom. The predicted octanol–water partition coefficient (Wildman–Crippen LogP) is 3.64. The van der Waals surface area contributed by atoms with E-state index in [0.717, 1.165) is 0 Å². The molecule has 0 fully saturated rings. The van der Waals surface area contributed by atoms with Crippen molar-refractivity contribution in [1.82, 2.24) is 4.98 Å². The Hall–Kier alpha value is -1.58. The molecule has 17 heavy (non-hydrogen) atoms. The molecule has 1 N–H and O–H groups in total. The lowest BCUT2D eigenvalue weighted by molar-refractivity contribution is 0.102. The van der Waals surface area contributed by atoms with Gasteiger partial charge in [0, 0.05) is 18.1 Å². The van der Waals surface area contributed by atoms with Gasteiger partial charge in [-0.1, -0.05) is 41.4 Å². The van der Waals surface area contributed by atoms with Crippen molar-refractivity contribution in [1.29, 1.82) is 0 Å². The second-order valence-corrected chi connectivity index (χ2v) is 4.11. The quantitative estimate of drug-likeness (QED) is 0.902. The molecule has 5 heteroatoms. The van der Waals surface area contributed by atoms with E-state index in [9.17, 15) is 4.79 Å². The Balaban J connectivity index is 2.27. The van der Waals surface area contributed by atoms with E-state index in [1.54, 1.807) is 12.1 Å². The van der Waals surface area contributed by atoms with Crippen molar-refractivity contribution in [2.45, 2.75) is 0 Å². The summed E-state index contributed by atoms with van der Waals surface area (Å²) in [4.78, 5) is 15.7. The van der Waals surface area contributed by atoms with Crippen LogP contribution in [-0.2, 0) is 0 Å². The molecule has 0 saturated heterocycles. The Morgan fingerprint density at radius 1 is 1.06 bits per heavy atom. The number of halogens is 2. The third kappa shape index (κ3) is 2.75.